The largest absolute Gasteiger partial charge is 0.494 e. The predicted molar refractivity (Wildman–Crippen MR) is 115 cm³/mol. The summed E-state index contributed by atoms with van der Waals surface area (Å²) in [7, 11) is 1.34. The minimum absolute atomic E-state index is 0.231. The van der Waals surface area contributed by atoms with Gasteiger partial charge in [-0.05, 0) is 55.5 Å². The number of esters is 2. The molecule has 2 rings (SSSR count). The number of methoxy groups -OCH3 is 1. The molecular formula is C23H30N2O5. The Morgan fingerprint density at radius 3 is 2.47 bits per heavy atom. The summed E-state index contributed by atoms with van der Waals surface area (Å²) >= 11 is 0. The Bertz CT molecular complexity index is 796. The minimum atomic E-state index is -0.387. The number of nitrogens with two attached hydrogens (primary N) is 2. The van der Waals surface area contributed by atoms with Crippen LogP contribution in [0.25, 0.3) is 6.08 Å². The first-order valence-electron chi connectivity index (χ1n) is 10.1. The molecule has 1 aliphatic carbocycles. The van der Waals surface area contributed by atoms with Gasteiger partial charge in [0, 0.05) is 24.2 Å². The molecule has 0 spiro atoms. The Morgan fingerprint density at radius 2 is 1.80 bits per heavy atom. The standard InChI is InChI=1S/C23H30N2O5/c1-28-22(26)11-8-17-6-9-21(10-7-17)29-12-4-2-3-5-13-30-23(27)18-14-19(24)16-20(25)15-18/h6-11,14-15,19H,2-5,12-13,16,24-25H2,1H3/b11-8+. The summed E-state index contributed by atoms with van der Waals surface area (Å²) < 4.78 is 15.5. The van der Waals surface area contributed by atoms with Crippen LogP contribution in [0.5, 0.6) is 5.75 Å². The molecule has 1 unspecified atom stereocenters. The predicted octanol–water partition coefficient (Wildman–Crippen LogP) is 2.86. The fraction of sp³-hybridized carbons (Fsp3) is 0.391. The lowest BCUT2D eigenvalue weighted by Crippen LogP contribution is -2.25. The second-order valence-electron chi connectivity index (χ2n) is 7.03. The van der Waals surface area contributed by atoms with Crippen molar-refractivity contribution >= 4 is 18.0 Å². The average molecular weight is 415 g/mol. The first-order valence-corrected chi connectivity index (χ1v) is 10.1. The van der Waals surface area contributed by atoms with E-state index in [0.29, 0.717) is 30.9 Å². The number of unbranched alkanes of at least 4 members (excludes halogenated alkanes) is 3. The number of rotatable bonds is 11. The summed E-state index contributed by atoms with van der Waals surface area (Å²) in [6, 6.07) is 7.25. The van der Waals surface area contributed by atoms with Crippen LogP contribution in [0.4, 0.5) is 0 Å². The zero-order chi connectivity index (χ0) is 21.8. The number of carbonyl (C=O) groups excluding carboxylic acids is 2. The average Bonchev–Trinajstić information content (AvgIpc) is 2.73. The highest BCUT2D eigenvalue weighted by Crippen LogP contribution is 2.15. The van der Waals surface area contributed by atoms with E-state index in [1.54, 1.807) is 18.2 Å². The quantitative estimate of drug-likeness (QED) is 0.325. The van der Waals surface area contributed by atoms with Crippen molar-refractivity contribution < 1.29 is 23.8 Å². The van der Waals surface area contributed by atoms with Crippen LogP contribution in [-0.2, 0) is 19.1 Å². The molecule has 1 aromatic carbocycles. The van der Waals surface area contributed by atoms with Crippen LogP contribution in [0.15, 0.2) is 53.8 Å². The summed E-state index contributed by atoms with van der Waals surface area (Å²) in [5.41, 5.74) is 13.5. The van der Waals surface area contributed by atoms with Gasteiger partial charge in [-0.3, -0.25) is 0 Å². The van der Waals surface area contributed by atoms with Crippen LogP contribution in [-0.4, -0.2) is 38.3 Å². The van der Waals surface area contributed by atoms with Crippen LogP contribution in [0.1, 0.15) is 37.7 Å². The smallest absolute Gasteiger partial charge is 0.337 e. The highest BCUT2D eigenvalue weighted by atomic mass is 16.5. The number of hydrogen-bond donors (Lipinski definition) is 2. The number of benzene rings is 1. The van der Waals surface area contributed by atoms with Crippen LogP contribution >= 0.6 is 0 Å². The first kappa shape index (κ1) is 23.2. The summed E-state index contributed by atoms with van der Waals surface area (Å²) in [6.07, 6.45) is 10.6. The van der Waals surface area contributed by atoms with E-state index in [4.69, 9.17) is 20.9 Å². The van der Waals surface area contributed by atoms with Crippen LogP contribution in [0, 0.1) is 0 Å². The van der Waals surface area contributed by atoms with E-state index < -0.39 is 0 Å². The molecule has 30 heavy (non-hydrogen) atoms. The van der Waals surface area contributed by atoms with Crippen molar-refractivity contribution in [1.82, 2.24) is 0 Å². The SMILES string of the molecule is COC(=O)/C=C/c1ccc(OCCCCCCOC(=O)C2=CC(N)CC(N)=C2)cc1. The highest BCUT2D eigenvalue weighted by molar-refractivity contribution is 5.92. The fourth-order valence-corrected chi connectivity index (χ4v) is 2.90. The third kappa shape index (κ3) is 8.53. The molecule has 4 N–H and O–H groups in total. The molecule has 0 saturated carbocycles. The Kier molecular flexibility index (Phi) is 9.67. The molecule has 0 saturated heterocycles. The van der Waals surface area contributed by atoms with Gasteiger partial charge in [0.1, 0.15) is 5.75 Å². The van der Waals surface area contributed by atoms with Crippen molar-refractivity contribution in [2.24, 2.45) is 11.5 Å². The van der Waals surface area contributed by atoms with E-state index in [2.05, 4.69) is 4.74 Å². The van der Waals surface area contributed by atoms with Crippen molar-refractivity contribution in [1.29, 1.82) is 0 Å². The van der Waals surface area contributed by atoms with Crippen LogP contribution in [0.3, 0.4) is 0 Å². The highest BCUT2D eigenvalue weighted by Gasteiger charge is 2.16. The van der Waals surface area contributed by atoms with E-state index in [-0.39, 0.29) is 18.0 Å². The molecular weight excluding hydrogens is 384 g/mol. The zero-order valence-corrected chi connectivity index (χ0v) is 17.3. The molecule has 1 aliphatic rings. The second-order valence-corrected chi connectivity index (χ2v) is 7.03. The van der Waals surface area contributed by atoms with Crippen molar-refractivity contribution in [3.63, 3.8) is 0 Å². The van der Waals surface area contributed by atoms with Crippen molar-refractivity contribution in [2.45, 2.75) is 38.1 Å². The molecule has 162 valence electrons. The molecule has 7 heteroatoms. The molecule has 0 radical (unpaired) electrons. The van der Waals surface area contributed by atoms with Gasteiger partial charge in [-0.15, -0.1) is 0 Å². The lowest BCUT2D eigenvalue weighted by molar-refractivity contribution is -0.139. The first-order chi connectivity index (χ1) is 14.5. The maximum atomic E-state index is 12.0. The lowest BCUT2D eigenvalue weighted by Gasteiger charge is -2.15. The van der Waals surface area contributed by atoms with E-state index in [0.717, 1.165) is 37.0 Å². The molecule has 1 atom stereocenters. The Morgan fingerprint density at radius 1 is 1.10 bits per heavy atom. The van der Waals surface area contributed by atoms with Crippen molar-refractivity contribution in [3.05, 3.63) is 59.3 Å². The monoisotopic (exact) mass is 414 g/mol. The summed E-state index contributed by atoms with van der Waals surface area (Å²) in [5, 5.41) is 0. The third-order valence-electron chi connectivity index (χ3n) is 4.48. The van der Waals surface area contributed by atoms with Gasteiger partial charge in [0.25, 0.3) is 0 Å². The third-order valence-corrected chi connectivity index (χ3v) is 4.48. The molecule has 0 aromatic heterocycles. The second kappa shape index (κ2) is 12.5. The Hall–Kier alpha value is -3.06. The van der Waals surface area contributed by atoms with Gasteiger partial charge in [-0.2, -0.15) is 0 Å². The summed E-state index contributed by atoms with van der Waals surface area (Å²) in [4.78, 5) is 23.1. The Balaban J connectivity index is 1.54. The number of carbonyl (C=O) groups is 2. The van der Waals surface area contributed by atoms with Crippen molar-refractivity contribution in [2.75, 3.05) is 20.3 Å². The maximum Gasteiger partial charge on any atom is 0.337 e. The molecule has 1 aromatic rings. The van der Waals surface area contributed by atoms with E-state index >= 15 is 0 Å². The fourth-order valence-electron chi connectivity index (χ4n) is 2.90. The van der Waals surface area contributed by atoms with Gasteiger partial charge in [0.2, 0.25) is 0 Å². The van der Waals surface area contributed by atoms with Gasteiger partial charge in [0.05, 0.1) is 25.9 Å². The van der Waals surface area contributed by atoms with Gasteiger partial charge in [0.15, 0.2) is 0 Å². The molecule has 7 nitrogen and oxygen atoms in total. The van der Waals surface area contributed by atoms with E-state index in [1.165, 1.54) is 13.2 Å². The minimum Gasteiger partial charge on any atom is -0.494 e. The maximum absolute atomic E-state index is 12.0. The normalized spacial score (nSPS) is 16.0. The number of ether oxygens (including phenoxy) is 3. The summed E-state index contributed by atoms with van der Waals surface area (Å²) in [6.45, 7) is 0.993. The van der Waals surface area contributed by atoms with Crippen molar-refractivity contribution in [3.8, 4) is 5.75 Å². The zero-order valence-electron chi connectivity index (χ0n) is 17.3. The van der Waals surface area contributed by atoms with Gasteiger partial charge in [-0.25, -0.2) is 9.59 Å². The topological polar surface area (TPSA) is 114 Å². The summed E-state index contributed by atoms with van der Waals surface area (Å²) in [5.74, 6) is 0.0219. The van der Waals surface area contributed by atoms with Gasteiger partial charge < -0.3 is 25.7 Å². The molecule has 0 fully saturated rings. The molecule has 0 bridgehead atoms. The van der Waals surface area contributed by atoms with Gasteiger partial charge in [-0.1, -0.05) is 18.2 Å². The number of hydrogen-bond acceptors (Lipinski definition) is 7. The van der Waals surface area contributed by atoms with E-state index in [9.17, 15) is 9.59 Å². The molecule has 0 amide bonds. The van der Waals surface area contributed by atoms with E-state index in [1.807, 2.05) is 24.3 Å². The lowest BCUT2D eigenvalue weighted by atomic mass is 10.0. The molecule has 0 aliphatic heterocycles. The molecule has 0 heterocycles. The van der Waals surface area contributed by atoms with Crippen LogP contribution < -0.4 is 16.2 Å². The van der Waals surface area contributed by atoms with Gasteiger partial charge >= 0.3 is 11.9 Å². The Labute approximate surface area is 177 Å². The van der Waals surface area contributed by atoms with Crippen LogP contribution in [0.2, 0.25) is 0 Å².